The van der Waals surface area contributed by atoms with E-state index >= 15 is 0 Å². The molecule has 4 aromatic rings. The molecule has 0 amide bonds. The number of benzene rings is 4. The van der Waals surface area contributed by atoms with E-state index in [1.807, 2.05) is 0 Å². The zero-order valence-electron chi connectivity index (χ0n) is 29.6. The first-order valence-corrected chi connectivity index (χ1v) is 17.8. The summed E-state index contributed by atoms with van der Waals surface area (Å²) in [6.07, 6.45) is 16.9. The van der Waals surface area contributed by atoms with Gasteiger partial charge >= 0.3 is 0 Å². The van der Waals surface area contributed by atoms with Crippen molar-refractivity contribution in [1.29, 1.82) is 0 Å². The highest BCUT2D eigenvalue weighted by Crippen LogP contribution is 2.59. The van der Waals surface area contributed by atoms with E-state index in [1.165, 1.54) is 62.0 Å². The van der Waals surface area contributed by atoms with E-state index in [4.69, 9.17) is 0 Å². The van der Waals surface area contributed by atoms with E-state index in [2.05, 4.69) is 180 Å². The molecule has 2 heteroatoms. The van der Waals surface area contributed by atoms with E-state index in [-0.39, 0.29) is 16.2 Å². The topological polar surface area (TPSA) is 6.48 Å². The van der Waals surface area contributed by atoms with Crippen LogP contribution in [0, 0.1) is 0 Å². The fourth-order valence-electron chi connectivity index (χ4n) is 8.58. The third-order valence-corrected chi connectivity index (χ3v) is 11.5. The first-order chi connectivity index (χ1) is 23.0. The molecule has 0 saturated carbocycles. The van der Waals surface area contributed by atoms with Gasteiger partial charge in [0.25, 0.3) is 0 Å². The highest BCUT2D eigenvalue weighted by molar-refractivity contribution is 5.89. The van der Waals surface area contributed by atoms with Crippen molar-refractivity contribution in [3.8, 4) is 0 Å². The molecule has 0 N–H and O–H groups in total. The highest BCUT2D eigenvalue weighted by atomic mass is 15.2. The molecule has 0 fully saturated rings. The molecule has 2 heterocycles. The third-order valence-electron chi connectivity index (χ3n) is 11.5. The monoisotopic (exact) mass is 628 g/mol. The lowest BCUT2D eigenvalue weighted by Gasteiger charge is -2.50. The van der Waals surface area contributed by atoms with Crippen LogP contribution < -0.4 is 9.80 Å². The third kappa shape index (κ3) is 4.75. The summed E-state index contributed by atoms with van der Waals surface area (Å²) in [7, 11) is 0. The first kappa shape index (κ1) is 30.8. The number of rotatable bonds is 4. The lowest BCUT2D eigenvalue weighted by atomic mass is 9.65. The van der Waals surface area contributed by atoms with Crippen molar-refractivity contribution in [1.82, 2.24) is 0 Å². The number of anilines is 5. The molecule has 48 heavy (non-hydrogen) atoms. The van der Waals surface area contributed by atoms with Gasteiger partial charge in [-0.3, -0.25) is 0 Å². The van der Waals surface area contributed by atoms with Crippen LogP contribution in [0.25, 0.3) is 0 Å². The maximum Gasteiger partial charge on any atom is 0.0543 e. The highest BCUT2D eigenvalue weighted by Gasteiger charge is 2.46. The second-order valence-electron chi connectivity index (χ2n) is 16.2. The van der Waals surface area contributed by atoms with Crippen LogP contribution in [-0.2, 0) is 16.2 Å². The Morgan fingerprint density at radius 3 is 2.04 bits per heavy atom. The Labute approximate surface area is 287 Å². The van der Waals surface area contributed by atoms with Crippen LogP contribution >= 0.6 is 0 Å². The van der Waals surface area contributed by atoms with Gasteiger partial charge < -0.3 is 9.80 Å². The maximum atomic E-state index is 2.59. The number of para-hydroxylation sites is 1. The van der Waals surface area contributed by atoms with E-state index in [9.17, 15) is 0 Å². The van der Waals surface area contributed by atoms with Crippen molar-refractivity contribution in [2.75, 3.05) is 9.80 Å². The van der Waals surface area contributed by atoms with Gasteiger partial charge in [-0.2, -0.15) is 0 Å². The van der Waals surface area contributed by atoms with Crippen molar-refractivity contribution >= 4 is 28.4 Å². The quantitative estimate of drug-likeness (QED) is 0.222. The second kappa shape index (κ2) is 11.0. The van der Waals surface area contributed by atoms with Crippen LogP contribution in [0.4, 0.5) is 28.4 Å². The van der Waals surface area contributed by atoms with Crippen molar-refractivity contribution in [3.05, 3.63) is 160 Å². The molecule has 2 aliphatic heterocycles. The number of hydrogen-bond donors (Lipinski definition) is 0. The molecule has 0 radical (unpaired) electrons. The Balaban J connectivity index is 1.29. The zero-order chi connectivity index (χ0) is 33.4. The molecule has 4 aliphatic rings. The maximum absolute atomic E-state index is 2.59. The summed E-state index contributed by atoms with van der Waals surface area (Å²) in [4.78, 5) is 5.04. The van der Waals surface area contributed by atoms with Gasteiger partial charge in [0.05, 0.1) is 11.4 Å². The summed E-state index contributed by atoms with van der Waals surface area (Å²) in [5.74, 6) is 0.431. The molecule has 0 bridgehead atoms. The molecule has 1 unspecified atom stereocenters. The lowest BCUT2D eigenvalue weighted by molar-refractivity contribution is 0.555. The molecule has 2 aliphatic carbocycles. The molecule has 2 nitrogen and oxygen atoms in total. The molecule has 0 aromatic heterocycles. The van der Waals surface area contributed by atoms with Crippen LogP contribution in [-0.4, -0.2) is 0 Å². The smallest absolute Gasteiger partial charge is 0.0543 e. The molecule has 8 rings (SSSR count). The van der Waals surface area contributed by atoms with Crippen LogP contribution in [0.1, 0.15) is 101 Å². The van der Waals surface area contributed by atoms with Gasteiger partial charge in [-0.25, -0.2) is 0 Å². The largest absolute Gasteiger partial charge is 0.310 e. The summed E-state index contributed by atoms with van der Waals surface area (Å²) >= 11 is 0. The predicted octanol–water partition coefficient (Wildman–Crippen LogP) is 12.7. The Bertz CT molecular complexity index is 2020. The predicted molar refractivity (Wildman–Crippen MR) is 205 cm³/mol. The van der Waals surface area contributed by atoms with Crippen molar-refractivity contribution < 1.29 is 0 Å². The molecule has 4 aromatic carbocycles. The second-order valence-corrected chi connectivity index (χ2v) is 16.2. The fourth-order valence-corrected chi connectivity index (χ4v) is 8.58. The van der Waals surface area contributed by atoms with Crippen molar-refractivity contribution in [2.45, 2.75) is 89.9 Å². The molecule has 0 saturated heterocycles. The number of allylic oxidation sites excluding steroid dienone is 7. The number of fused-ring (bicyclic) bond motifs is 3. The Kier molecular flexibility index (Phi) is 7.04. The van der Waals surface area contributed by atoms with Gasteiger partial charge in [-0.1, -0.05) is 121 Å². The molecule has 242 valence electrons. The van der Waals surface area contributed by atoms with Gasteiger partial charge in [0.1, 0.15) is 0 Å². The zero-order valence-corrected chi connectivity index (χ0v) is 29.6. The first-order valence-electron chi connectivity index (χ1n) is 17.8. The average molecular weight is 629 g/mol. The lowest BCUT2D eigenvalue weighted by Crippen LogP contribution is -2.40. The van der Waals surface area contributed by atoms with E-state index in [0.29, 0.717) is 5.92 Å². The molecule has 0 spiro atoms. The van der Waals surface area contributed by atoms with Gasteiger partial charge in [0.2, 0.25) is 0 Å². The SMILES string of the molecule is CC(C)(C)c1ccc(N(c2ccc(C3C=CC=CC3)cc2)c2ccc3c(c2)C(C)(C)c2cccc4c2N3C2=C(CCC=C2)C4(C)C)cc1. The minimum absolute atomic E-state index is 0.00133. The average Bonchev–Trinajstić information content (AvgIpc) is 3.09. The van der Waals surface area contributed by atoms with Crippen LogP contribution in [0.2, 0.25) is 0 Å². The van der Waals surface area contributed by atoms with Crippen molar-refractivity contribution in [2.24, 2.45) is 0 Å². The molecular weight excluding hydrogens is 581 g/mol. The van der Waals surface area contributed by atoms with Crippen LogP contribution in [0.3, 0.4) is 0 Å². The summed E-state index contributed by atoms with van der Waals surface area (Å²) in [6.45, 7) is 16.5. The summed E-state index contributed by atoms with van der Waals surface area (Å²) in [5, 5.41) is 0. The normalized spacial score (nSPS) is 19.9. The molecular formula is C46H48N2. The number of hydrogen-bond acceptors (Lipinski definition) is 2. The van der Waals surface area contributed by atoms with E-state index in [0.717, 1.165) is 19.3 Å². The van der Waals surface area contributed by atoms with Gasteiger partial charge in [-0.15, -0.1) is 0 Å². The standard InChI is InChI=1S/C46H48N2/c1-44(2,3)33-22-26-35(27-23-33)47(34-24-20-32(21-25-34)31-14-9-8-10-15-31)36-28-29-42-40(30-36)46(6,7)39-18-13-17-38-43(39)48(42)41-19-12-11-16-37(41)45(38,4)5/h8-10,12-14,17-31H,11,15-16H2,1-7H3. The summed E-state index contributed by atoms with van der Waals surface area (Å²) in [5.41, 5.74) is 16.0. The summed E-state index contributed by atoms with van der Waals surface area (Å²) < 4.78 is 0. The fraction of sp³-hybridized carbons (Fsp3) is 0.304. The van der Waals surface area contributed by atoms with Gasteiger partial charge in [0.15, 0.2) is 0 Å². The Morgan fingerprint density at radius 2 is 1.38 bits per heavy atom. The van der Waals surface area contributed by atoms with Crippen LogP contribution in [0.5, 0.6) is 0 Å². The van der Waals surface area contributed by atoms with Crippen LogP contribution in [0.15, 0.2) is 133 Å². The van der Waals surface area contributed by atoms with Gasteiger partial charge in [-0.05, 0) is 107 Å². The Hall–Kier alpha value is -4.56. The molecule has 1 atom stereocenters. The van der Waals surface area contributed by atoms with E-state index < -0.39 is 0 Å². The minimum Gasteiger partial charge on any atom is -0.310 e. The summed E-state index contributed by atoms with van der Waals surface area (Å²) in [6, 6.07) is 32.7. The minimum atomic E-state index is -0.174. The van der Waals surface area contributed by atoms with E-state index in [1.54, 1.807) is 5.57 Å². The van der Waals surface area contributed by atoms with Crippen molar-refractivity contribution in [3.63, 3.8) is 0 Å². The van der Waals surface area contributed by atoms with Gasteiger partial charge in [0, 0.05) is 39.5 Å². The number of nitrogens with zero attached hydrogens (tertiary/aromatic N) is 2. The Morgan fingerprint density at radius 1 is 0.708 bits per heavy atom.